The van der Waals surface area contributed by atoms with Crippen LogP contribution in [0.3, 0.4) is 0 Å². The summed E-state index contributed by atoms with van der Waals surface area (Å²) >= 11 is 1.62. The van der Waals surface area contributed by atoms with E-state index in [-0.39, 0.29) is 17.4 Å². The zero-order valence-corrected chi connectivity index (χ0v) is 14.7. The first kappa shape index (κ1) is 19.0. The topological polar surface area (TPSA) is 72.5 Å². The van der Waals surface area contributed by atoms with Gasteiger partial charge in [-0.2, -0.15) is 0 Å². The van der Waals surface area contributed by atoms with Crippen molar-refractivity contribution in [2.45, 2.75) is 33.1 Å². The predicted octanol–water partition coefficient (Wildman–Crippen LogP) is 3.88. The Morgan fingerprint density at radius 2 is 2.08 bits per heavy atom. The fraction of sp³-hybridized carbons (Fsp3) is 0.375. The molecular formula is C16H19F3N4OS. The lowest BCUT2D eigenvalue weighted by Crippen LogP contribution is -2.24. The van der Waals surface area contributed by atoms with Crippen molar-refractivity contribution in [2.75, 3.05) is 11.9 Å². The first-order chi connectivity index (χ1) is 11.8. The van der Waals surface area contributed by atoms with Gasteiger partial charge in [-0.15, -0.1) is 24.5 Å². The minimum absolute atomic E-state index is 0.0159. The van der Waals surface area contributed by atoms with Crippen LogP contribution in [0, 0.1) is 6.92 Å². The van der Waals surface area contributed by atoms with Crippen molar-refractivity contribution >= 4 is 23.0 Å². The number of aliphatic imine (C=N–C) groups is 1. The third kappa shape index (κ3) is 5.93. The largest absolute Gasteiger partial charge is 0.573 e. The van der Waals surface area contributed by atoms with Gasteiger partial charge in [0.2, 0.25) is 0 Å². The Bertz CT molecular complexity index is 743. The minimum atomic E-state index is -4.77. The van der Waals surface area contributed by atoms with E-state index in [4.69, 9.17) is 5.73 Å². The molecule has 1 heterocycles. The highest BCUT2D eigenvalue weighted by Crippen LogP contribution is 2.29. The van der Waals surface area contributed by atoms with E-state index in [1.807, 2.05) is 13.8 Å². The smallest absolute Gasteiger partial charge is 0.404 e. The van der Waals surface area contributed by atoms with E-state index in [2.05, 4.69) is 20.0 Å². The van der Waals surface area contributed by atoms with E-state index in [9.17, 15) is 13.2 Å². The molecule has 0 aliphatic heterocycles. The summed E-state index contributed by atoms with van der Waals surface area (Å²) in [5.74, 6) is -0.349. The lowest BCUT2D eigenvalue weighted by Gasteiger charge is -2.14. The number of hydrogen-bond donors (Lipinski definition) is 2. The standard InChI is InChI=1S/C16H19F3N4OS/c1-3-11-10(2)25-14(22-11)8-9-21-15(20)23-12-6-4-5-7-13(12)24-16(17,18)19/h4-7H,3,8-9H2,1-2H3,(H3,20,21,23). The average molecular weight is 372 g/mol. The number of hydrogen-bond acceptors (Lipinski definition) is 4. The van der Waals surface area contributed by atoms with Crippen LogP contribution < -0.4 is 15.8 Å². The maximum absolute atomic E-state index is 12.4. The number of nitrogens with two attached hydrogens (primary N) is 1. The molecule has 1 aromatic heterocycles. The molecule has 0 saturated heterocycles. The second kappa shape index (κ2) is 8.19. The highest BCUT2D eigenvalue weighted by molar-refractivity contribution is 7.11. The van der Waals surface area contributed by atoms with Crippen molar-refractivity contribution in [1.29, 1.82) is 0 Å². The molecule has 136 valence electrons. The highest BCUT2D eigenvalue weighted by atomic mass is 32.1. The highest BCUT2D eigenvalue weighted by Gasteiger charge is 2.32. The van der Waals surface area contributed by atoms with E-state index < -0.39 is 6.36 Å². The van der Waals surface area contributed by atoms with E-state index in [0.29, 0.717) is 13.0 Å². The van der Waals surface area contributed by atoms with E-state index in [0.717, 1.165) is 17.1 Å². The lowest BCUT2D eigenvalue weighted by molar-refractivity contribution is -0.274. The molecule has 0 unspecified atom stereocenters. The molecule has 1 aromatic carbocycles. The summed E-state index contributed by atoms with van der Waals surface area (Å²) in [6.07, 6.45) is -3.27. The number of nitrogens with one attached hydrogen (secondary N) is 1. The summed E-state index contributed by atoms with van der Waals surface area (Å²) < 4.78 is 41.1. The Hall–Kier alpha value is -2.29. The van der Waals surface area contributed by atoms with Crippen LogP contribution in [0.25, 0.3) is 0 Å². The third-order valence-electron chi connectivity index (χ3n) is 3.26. The molecule has 0 atom stereocenters. The number of rotatable bonds is 6. The Labute approximate surface area is 147 Å². The van der Waals surface area contributed by atoms with Gasteiger partial charge in [0, 0.05) is 17.8 Å². The molecule has 0 aliphatic carbocycles. The molecule has 0 amide bonds. The first-order valence-electron chi connectivity index (χ1n) is 7.65. The van der Waals surface area contributed by atoms with Crippen LogP contribution in [-0.2, 0) is 12.8 Å². The summed E-state index contributed by atoms with van der Waals surface area (Å²) in [6.45, 7) is 4.46. The minimum Gasteiger partial charge on any atom is -0.404 e. The number of benzene rings is 1. The number of halogens is 3. The maximum atomic E-state index is 12.4. The van der Waals surface area contributed by atoms with E-state index in [1.54, 1.807) is 17.4 Å². The number of aromatic nitrogens is 1. The van der Waals surface area contributed by atoms with Crippen molar-refractivity contribution in [3.63, 3.8) is 0 Å². The number of guanidine groups is 1. The zero-order valence-electron chi connectivity index (χ0n) is 13.9. The van der Waals surface area contributed by atoms with E-state index in [1.165, 1.54) is 23.1 Å². The molecular weight excluding hydrogens is 353 g/mol. The Kier molecular flexibility index (Phi) is 6.24. The number of para-hydroxylation sites is 2. The van der Waals surface area contributed by atoms with Crippen LogP contribution in [-0.4, -0.2) is 23.9 Å². The van der Waals surface area contributed by atoms with Gasteiger partial charge in [-0.25, -0.2) is 4.98 Å². The van der Waals surface area contributed by atoms with Crippen LogP contribution in [0.1, 0.15) is 22.5 Å². The molecule has 0 spiro atoms. The fourth-order valence-corrected chi connectivity index (χ4v) is 3.17. The summed E-state index contributed by atoms with van der Waals surface area (Å²) in [4.78, 5) is 9.82. The van der Waals surface area contributed by atoms with Crippen molar-refractivity contribution in [3.8, 4) is 5.75 Å². The molecule has 0 bridgehead atoms. The van der Waals surface area contributed by atoms with Crippen LogP contribution >= 0.6 is 11.3 Å². The molecule has 5 nitrogen and oxygen atoms in total. The number of ether oxygens (including phenoxy) is 1. The molecule has 2 rings (SSSR count). The molecule has 3 N–H and O–H groups in total. The molecule has 25 heavy (non-hydrogen) atoms. The van der Waals surface area contributed by atoms with Gasteiger partial charge in [-0.1, -0.05) is 19.1 Å². The third-order valence-corrected chi connectivity index (χ3v) is 4.33. The Morgan fingerprint density at radius 3 is 2.72 bits per heavy atom. The molecule has 2 aromatic rings. The van der Waals surface area contributed by atoms with Gasteiger partial charge < -0.3 is 15.8 Å². The summed E-state index contributed by atoms with van der Waals surface area (Å²) in [5, 5.41) is 3.60. The molecule has 0 saturated carbocycles. The normalized spacial score (nSPS) is 12.3. The maximum Gasteiger partial charge on any atom is 0.573 e. The molecule has 0 fully saturated rings. The fourth-order valence-electron chi connectivity index (χ4n) is 2.16. The van der Waals surface area contributed by atoms with Gasteiger partial charge >= 0.3 is 6.36 Å². The van der Waals surface area contributed by atoms with Crippen LogP contribution in [0.2, 0.25) is 0 Å². The van der Waals surface area contributed by atoms with Gasteiger partial charge in [-0.05, 0) is 25.5 Å². The van der Waals surface area contributed by atoms with E-state index >= 15 is 0 Å². The van der Waals surface area contributed by atoms with Gasteiger partial charge in [0.15, 0.2) is 11.7 Å². The van der Waals surface area contributed by atoms with Crippen LogP contribution in [0.4, 0.5) is 18.9 Å². The summed E-state index contributed by atoms with van der Waals surface area (Å²) in [6, 6.07) is 5.65. The number of alkyl halides is 3. The number of aryl methyl sites for hydroxylation is 2. The van der Waals surface area contributed by atoms with Crippen LogP contribution in [0.15, 0.2) is 29.3 Å². The average Bonchev–Trinajstić information content (AvgIpc) is 2.88. The molecule has 0 radical (unpaired) electrons. The Morgan fingerprint density at radius 1 is 1.36 bits per heavy atom. The quantitative estimate of drug-likeness (QED) is 0.596. The second-order valence-electron chi connectivity index (χ2n) is 5.15. The monoisotopic (exact) mass is 372 g/mol. The number of thiazole rings is 1. The second-order valence-corrected chi connectivity index (χ2v) is 6.44. The van der Waals surface area contributed by atoms with Crippen molar-refractivity contribution in [2.24, 2.45) is 10.7 Å². The molecule has 9 heteroatoms. The zero-order chi connectivity index (χ0) is 18.4. The molecule has 0 aliphatic rings. The van der Waals surface area contributed by atoms with Crippen molar-refractivity contribution in [3.05, 3.63) is 39.8 Å². The summed E-state index contributed by atoms with van der Waals surface area (Å²) in [5.41, 5.74) is 6.92. The summed E-state index contributed by atoms with van der Waals surface area (Å²) in [7, 11) is 0. The van der Waals surface area contributed by atoms with Crippen molar-refractivity contribution in [1.82, 2.24) is 4.98 Å². The van der Waals surface area contributed by atoms with Crippen molar-refractivity contribution < 1.29 is 17.9 Å². The first-order valence-corrected chi connectivity index (χ1v) is 8.47. The number of nitrogens with zero attached hydrogens (tertiary/aromatic N) is 2. The predicted molar refractivity (Wildman–Crippen MR) is 93.2 cm³/mol. The number of anilines is 1. The van der Waals surface area contributed by atoms with Gasteiger partial charge in [0.25, 0.3) is 0 Å². The van der Waals surface area contributed by atoms with Gasteiger partial charge in [-0.3, -0.25) is 4.99 Å². The van der Waals surface area contributed by atoms with Gasteiger partial charge in [0.05, 0.1) is 16.4 Å². The SMILES string of the molecule is CCc1nc(CCN=C(N)Nc2ccccc2OC(F)(F)F)sc1C. The Balaban J connectivity index is 1.97. The van der Waals surface area contributed by atoms with Gasteiger partial charge in [0.1, 0.15) is 0 Å². The van der Waals surface area contributed by atoms with Crippen LogP contribution in [0.5, 0.6) is 5.75 Å². The lowest BCUT2D eigenvalue weighted by atomic mass is 10.3.